The van der Waals surface area contributed by atoms with E-state index in [-0.39, 0.29) is 12.1 Å². The van der Waals surface area contributed by atoms with E-state index in [0.717, 1.165) is 48.2 Å². The second-order valence-electron chi connectivity index (χ2n) is 7.62. The quantitative estimate of drug-likeness (QED) is 0.763. The van der Waals surface area contributed by atoms with Gasteiger partial charge in [0.15, 0.2) is 17.6 Å². The molecule has 1 N–H and O–H groups in total. The summed E-state index contributed by atoms with van der Waals surface area (Å²) in [6, 6.07) is 13.3. The highest BCUT2D eigenvalue weighted by Crippen LogP contribution is 2.30. The predicted molar refractivity (Wildman–Crippen MR) is 116 cm³/mol. The van der Waals surface area contributed by atoms with Crippen LogP contribution in [0.15, 0.2) is 42.5 Å². The van der Waals surface area contributed by atoms with Gasteiger partial charge in [-0.2, -0.15) is 0 Å². The summed E-state index contributed by atoms with van der Waals surface area (Å²) in [5.74, 6) is 3.12. The van der Waals surface area contributed by atoms with Gasteiger partial charge in [-0.25, -0.2) is 4.79 Å². The molecule has 2 aromatic rings. The van der Waals surface area contributed by atoms with Crippen molar-refractivity contribution in [3.05, 3.63) is 48.0 Å². The fourth-order valence-corrected chi connectivity index (χ4v) is 3.83. The molecule has 2 aromatic carbocycles. The summed E-state index contributed by atoms with van der Waals surface area (Å²) in [6.45, 7) is 4.52. The van der Waals surface area contributed by atoms with Crippen molar-refractivity contribution in [3.8, 4) is 23.0 Å². The minimum absolute atomic E-state index is 0.0685. The van der Waals surface area contributed by atoms with Crippen LogP contribution in [0.4, 0.5) is 4.79 Å². The summed E-state index contributed by atoms with van der Waals surface area (Å²) >= 11 is 0. The minimum atomic E-state index is -0.194. The van der Waals surface area contributed by atoms with E-state index in [1.807, 2.05) is 47.4 Å². The maximum atomic E-state index is 12.6. The number of urea groups is 1. The van der Waals surface area contributed by atoms with E-state index >= 15 is 0 Å². The number of amides is 2. The van der Waals surface area contributed by atoms with Crippen molar-refractivity contribution in [2.45, 2.75) is 12.6 Å². The van der Waals surface area contributed by atoms with Crippen molar-refractivity contribution < 1.29 is 23.7 Å². The van der Waals surface area contributed by atoms with Gasteiger partial charge in [-0.3, -0.25) is 4.90 Å². The number of carbonyl (C=O) groups is 1. The number of fused-ring (bicyclic) bond motifs is 1. The Hall–Kier alpha value is -3.13. The molecule has 2 aliphatic heterocycles. The van der Waals surface area contributed by atoms with Gasteiger partial charge in [-0.1, -0.05) is 12.1 Å². The minimum Gasteiger partial charge on any atom is -0.497 e. The van der Waals surface area contributed by atoms with Gasteiger partial charge < -0.3 is 29.2 Å². The first-order chi connectivity index (χ1) is 15.2. The zero-order chi connectivity index (χ0) is 21.6. The topological polar surface area (TPSA) is 72.5 Å². The third kappa shape index (κ3) is 5.14. The molecule has 0 saturated carbocycles. The number of methoxy groups -OCH3 is 2. The number of rotatable bonds is 6. The molecule has 8 nitrogen and oxygen atoms in total. The maximum Gasteiger partial charge on any atom is 0.317 e. The molecule has 0 aliphatic carbocycles. The molecule has 0 radical (unpaired) electrons. The van der Waals surface area contributed by atoms with Crippen LogP contribution in [-0.2, 0) is 6.54 Å². The zero-order valence-corrected chi connectivity index (χ0v) is 18.0. The van der Waals surface area contributed by atoms with Crippen LogP contribution in [0.5, 0.6) is 23.0 Å². The van der Waals surface area contributed by atoms with Crippen molar-refractivity contribution >= 4 is 6.03 Å². The molecule has 2 amide bonds. The summed E-state index contributed by atoms with van der Waals surface area (Å²) < 4.78 is 22.4. The molecule has 4 rings (SSSR count). The number of nitrogens with one attached hydrogen (secondary N) is 1. The largest absolute Gasteiger partial charge is 0.497 e. The molecule has 31 heavy (non-hydrogen) atoms. The number of hydrogen-bond donors (Lipinski definition) is 1. The Balaban J connectivity index is 1.23. The Morgan fingerprint density at radius 1 is 1.06 bits per heavy atom. The van der Waals surface area contributed by atoms with E-state index in [9.17, 15) is 4.79 Å². The van der Waals surface area contributed by atoms with Crippen molar-refractivity contribution in [1.29, 1.82) is 0 Å². The molecule has 0 aromatic heterocycles. The highest BCUT2D eigenvalue weighted by Gasteiger charge is 2.25. The Kier molecular flexibility index (Phi) is 6.66. The number of para-hydroxylation sites is 2. The van der Waals surface area contributed by atoms with Crippen LogP contribution in [0.3, 0.4) is 0 Å². The lowest BCUT2D eigenvalue weighted by atomic mass is 10.1. The van der Waals surface area contributed by atoms with Crippen LogP contribution in [-0.4, -0.2) is 75.5 Å². The molecule has 1 saturated heterocycles. The average molecular weight is 428 g/mol. The number of ether oxygens (including phenoxy) is 4. The molecule has 0 unspecified atom stereocenters. The monoisotopic (exact) mass is 427 g/mol. The van der Waals surface area contributed by atoms with Crippen LogP contribution < -0.4 is 24.3 Å². The Morgan fingerprint density at radius 3 is 2.58 bits per heavy atom. The number of carbonyl (C=O) groups excluding carboxylic acids is 1. The second-order valence-corrected chi connectivity index (χ2v) is 7.62. The average Bonchev–Trinajstić information content (AvgIpc) is 2.82. The van der Waals surface area contributed by atoms with Crippen molar-refractivity contribution in [1.82, 2.24) is 15.1 Å². The van der Waals surface area contributed by atoms with E-state index in [1.165, 1.54) is 0 Å². The van der Waals surface area contributed by atoms with E-state index in [4.69, 9.17) is 18.9 Å². The number of hydrogen-bond acceptors (Lipinski definition) is 6. The SMILES string of the molecule is COc1ccc(OC)c(CN2CCN(C(=O)NC[C@@H]3COc4ccccc4O3)CC2)c1. The summed E-state index contributed by atoms with van der Waals surface area (Å²) in [7, 11) is 3.33. The zero-order valence-electron chi connectivity index (χ0n) is 18.0. The number of nitrogens with zero attached hydrogens (tertiary/aromatic N) is 2. The van der Waals surface area contributed by atoms with Crippen LogP contribution >= 0.6 is 0 Å². The molecule has 0 bridgehead atoms. The summed E-state index contributed by atoms with van der Waals surface area (Å²) in [4.78, 5) is 16.8. The fourth-order valence-electron chi connectivity index (χ4n) is 3.83. The van der Waals surface area contributed by atoms with Crippen LogP contribution in [0.2, 0.25) is 0 Å². The smallest absolute Gasteiger partial charge is 0.317 e. The molecule has 2 aliphatic rings. The van der Waals surface area contributed by atoms with Crippen LogP contribution in [0.25, 0.3) is 0 Å². The Morgan fingerprint density at radius 2 is 1.84 bits per heavy atom. The molecule has 1 atom stereocenters. The van der Waals surface area contributed by atoms with Gasteiger partial charge in [0.25, 0.3) is 0 Å². The van der Waals surface area contributed by atoms with E-state index in [2.05, 4.69) is 10.2 Å². The van der Waals surface area contributed by atoms with E-state index in [1.54, 1.807) is 14.2 Å². The standard InChI is InChI=1S/C23H29N3O5/c1-28-18-7-8-20(29-2)17(13-18)15-25-9-11-26(12-10-25)23(27)24-14-19-16-30-21-5-3-4-6-22(21)31-19/h3-8,13,19H,9-12,14-16H2,1-2H3,(H,24,27)/t19-/m1/s1. The first-order valence-electron chi connectivity index (χ1n) is 10.5. The molecule has 8 heteroatoms. The molecule has 1 fully saturated rings. The lowest BCUT2D eigenvalue weighted by Gasteiger charge is -2.35. The van der Waals surface area contributed by atoms with Gasteiger partial charge in [0.1, 0.15) is 18.1 Å². The van der Waals surface area contributed by atoms with Crippen molar-refractivity contribution in [2.24, 2.45) is 0 Å². The Bertz CT molecular complexity index is 899. The first-order valence-corrected chi connectivity index (χ1v) is 10.5. The highest BCUT2D eigenvalue weighted by atomic mass is 16.6. The van der Waals surface area contributed by atoms with Crippen LogP contribution in [0.1, 0.15) is 5.56 Å². The first kappa shape index (κ1) is 21.1. The van der Waals surface area contributed by atoms with E-state index < -0.39 is 0 Å². The maximum absolute atomic E-state index is 12.6. The molecule has 166 valence electrons. The normalized spacial score (nSPS) is 18.4. The lowest BCUT2D eigenvalue weighted by molar-refractivity contribution is 0.0876. The molecule has 2 heterocycles. The third-order valence-corrected chi connectivity index (χ3v) is 5.59. The van der Waals surface area contributed by atoms with Crippen LogP contribution in [0, 0.1) is 0 Å². The van der Waals surface area contributed by atoms with Gasteiger partial charge in [0.05, 0.1) is 20.8 Å². The summed E-state index contributed by atoms with van der Waals surface area (Å²) in [6.07, 6.45) is -0.194. The summed E-state index contributed by atoms with van der Waals surface area (Å²) in [5, 5.41) is 2.98. The predicted octanol–water partition coefficient (Wildman–Crippen LogP) is 2.37. The molecule has 0 spiro atoms. The van der Waals surface area contributed by atoms with E-state index in [0.29, 0.717) is 26.2 Å². The lowest BCUT2D eigenvalue weighted by Crippen LogP contribution is -2.53. The highest BCUT2D eigenvalue weighted by molar-refractivity contribution is 5.74. The fraction of sp³-hybridized carbons (Fsp3) is 0.435. The van der Waals surface area contributed by atoms with Gasteiger partial charge in [-0.15, -0.1) is 0 Å². The second kappa shape index (κ2) is 9.78. The third-order valence-electron chi connectivity index (χ3n) is 5.59. The van der Waals surface area contributed by atoms with Crippen molar-refractivity contribution in [3.63, 3.8) is 0 Å². The Labute approximate surface area is 182 Å². The van der Waals surface area contributed by atoms with Gasteiger partial charge in [-0.05, 0) is 30.3 Å². The van der Waals surface area contributed by atoms with Gasteiger partial charge >= 0.3 is 6.03 Å². The summed E-state index contributed by atoms with van der Waals surface area (Å²) in [5.41, 5.74) is 1.08. The number of piperazine rings is 1. The van der Waals surface area contributed by atoms with Crippen molar-refractivity contribution in [2.75, 3.05) is 53.6 Å². The van der Waals surface area contributed by atoms with Gasteiger partial charge in [0.2, 0.25) is 0 Å². The number of benzene rings is 2. The molecular weight excluding hydrogens is 398 g/mol. The molecular formula is C23H29N3O5. The van der Waals surface area contributed by atoms with Gasteiger partial charge in [0, 0.05) is 38.3 Å².